The first-order valence-electron chi connectivity index (χ1n) is 13.7. The third kappa shape index (κ3) is 5.10. The molecule has 0 aromatic heterocycles. The monoisotopic (exact) mass is 545 g/mol. The summed E-state index contributed by atoms with van der Waals surface area (Å²) in [6.07, 6.45) is 3.94. The van der Waals surface area contributed by atoms with E-state index in [1.807, 2.05) is 12.1 Å². The van der Waals surface area contributed by atoms with E-state index in [1.165, 1.54) is 7.11 Å². The van der Waals surface area contributed by atoms with Crippen LogP contribution in [0.4, 0.5) is 0 Å². The van der Waals surface area contributed by atoms with E-state index in [1.54, 1.807) is 21.0 Å². The minimum absolute atomic E-state index is 0.0686. The Balaban J connectivity index is 1.50. The third-order valence-electron chi connectivity index (χ3n) is 8.62. The average molecular weight is 546 g/mol. The summed E-state index contributed by atoms with van der Waals surface area (Å²) in [4.78, 5) is 28.4. The Kier molecular flexibility index (Phi) is 7.32. The van der Waals surface area contributed by atoms with E-state index in [9.17, 15) is 19.8 Å². The number of hydrogen-bond donors (Lipinski definition) is 2. The van der Waals surface area contributed by atoms with Crippen LogP contribution in [0, 0.1) is 0 Å². The summed E-state index contributed by atoms with van der Waals surface area (Å²) >= 11 is 0. The Morgan fingerprint density at radius 2 is 1.87 bits per heavy atom. The van der Waals surface area contributed by atoms with Crippen LogP contribution >= 0.6 is 0 Å². The van der Waals surface area contributed by atoms with Crippen molar-refractivity contribution >= 4 is 11.9 Å². The van der Waals surface area contributed by atoms with Gasteiger partial charge in [0.05, 0.1) is 37.7 Å². The van der Waals surface area contributed by atoms with Crippen molar-refractivity contribution in [3.63, 3.8) is 0 Å². The lowest BCUT2D eigenvalue weighted by Crippen LogP contribution is -2.49. The van der Waals surface area contributed by atoms with Gasteiger partial charge in [-0.3, -0.25) is 9.69 Å². The lowest BCUT2D eigenvalue weighted by molar-refractivity contribution is -0.178. The summed E-state index contributed by atoms with van der Waals surface area (Å²) in [5.74, 6) is -0.0645. The number of benzene rings is 1. The van der Waals surface area contributed by atoms with Crippen LogP contribution in [0.15, 0.2) is 24.0 Å². The maximum Gasteiger partial charge on any atom is 0.339 e. The van der Waals surface area contributed by atoms with Gasteiger partial charge >= 0.3 is 11.9 Å². The predicted molar refractivity (Wildman–Crippen MR) is 139 cm³/mol. The molecule has 214 valence electrons. The second-order valence-corrected chi connectivity index (χ2v) is 11.7. The zero-order valence-electron chi connectivity index (χ0n) is 23.2. The maximum atomic E-state index is 13.8. The zero-order valence-corrected chi connectivity index (χ0v) is 23.2. The van der Waals surface area contributed by atoms with Crippen molar-refractivity contribution in [2.45, 2.75) is 87.6 Å². The van der Waals surface area contributed by atoms with Crippen LogP contribution in [-0.2, 0) is 30.2 Å². The van der Waals surface area contributed by atoms with E-state index in [4.69, 9.17) is 23.7 Å². The van der Waals surface area contributed by atoms with Crippen LogP contribution in [0.1, 0.15) is 69.4 Å². The SMILES string of the molecule is COC(=O)C[C@@](O)(CCCC(C)(C)O)C(=O)O[C@H]1C(OC)=C[C@]23CCCN2CCc2cc4c(cc2[C@@H]13)OCO4. The fourth-order valence-corrected chi connectivity index (χ4v) is 6.71. The van der Waals surface area contributed by atoms with Crippen LogP contribution in [0.5, 0.6) is 11.5 Å². The molecule has 0 bridgehead atoms. The number of esters is 2. The molecule has 3 heterocycles. The van der Waals surface area contributed by atoms with Crippen molar-refractivity contribution in [1.82, 2.24) is 4.90 Å². The molecule has 4 atom stereocenters. The smallest absolute Gasteiger partial charge is 0.339 e. The van der Waals surface area contributed by atoms with Gasteiger partial charge in [0.1, 0.15) is 5.76 Å². The number of ether oxygens (including phenoxy) is 5. The molecule has 1 spiro atoms. The van der Waals surface area contributed by atoms with Crippen molar-refractivity contribution in [3.8, 4) is 11.5 Å². The molecule has 1 fully saturated rings. The van der Waals surface area contributed by atoms with Crippen molar-refractivity contribution in [2.24, 2.45) is 0 Å². The predicted octanol–water partition coefficient (Wildman–Crippen LogP) is 2.58. The van der Waals surface area contributed by atoms with Crippen LogP contribution < -0.4 is 9.47 Å². The molecule has 0 radical (unpaired) electrons. The molecule has 0 unspecified atom stereocenters. The molecule has 1 aromatic carbocycles. The number of aliphatic hydroxyl groups is 2. The van der Waals surface area contributed by atoms with E-state index >= 15 is 0 Å². The zero-order chi connectivity index (χ0) is 28.0. The summed E-state index contributed by atoms with van der Waals surface area (Å²) in [6, 6.07) is 4.00. The highest BCUT2D eigenvalue weighted by molar-refractivity contribution is 5.86. The van der Waals surface area contributed by atoms with E-state index < -0.39 is 41.2 Å². The van der Waals surface area contributed by atoms with Crippen molar-refractivity contribution in [3.05, 3.63) is 35.1 Å². The molecule has 10 nitrogen and oxygen atoms in total. The molecular formula is C29H39NO9. The largest absolute Gasteiger partial charge is 0.497 e. The summed E-state index contributed by atoms with van der Waals surface area (Å²) in [7, 11) is 2.76. The van der Waals surface area contributed by atoms with E-state index in [2.05, 4.69) is 11.0 Å². The second kappa shape index (κ2) is 10.3. The summed E-state index contributed by atoms with van der Waals surface area (Å²) in [5.41, 5.74) is -1.42. The molecular weight excluding hydrogens is 506 g/mol. The second-order valence-electron chi connectivity index (χ2n) is 11.7. The van der Waals surface area contributed by atoms with Gasteiger partial charge < -0.3 is 33.9 Å². The molecule has 1 aliphatic carbocycles. The van der Waals surface area contributed by atoms with Crippen LogP contribution in [0.2, 0.25) is 0 Å². The Morgan fingerprint density at radius 1 is 1.13 bits per heavy atom. The van der Waals surface area contributed by atoms with Crippen molar-refractivity contribution in [2.75, 3.05) is 34.1 Å². The van der Waals surface area contributed by atoms with Gasteiger partial charge in [0, 0.05) is 6.54 Å². The lowest BCUT2D eigenvalue weighted by Gasteiger charge is -2.39. The fraction of sp³-hybridized carbons (Fsp3) is 0.655. The van der Waals surface area contributed by atoms with Gasteiger partial charge in [-0.05, 0) is 88.3 Å². The highest BCUT2D eigenvalue weighted by atomic mass is 16.7. The van der Waals surface area contributed by atoms with Gasteiger partial charge in [-0.1, -0.05) is 0 Å². The highest BCUT2D eigenvalue weighted by Crippen LogP contribution is 2.55. The standard InChI is InChI=1S/C29H39NO9/c1-27(2,33)8-5-10-29(34,16-23(31)36-4)26(32)39-25-22(35-3)15-28-9-6-11-30(28)12-7-18-13-20-21(38-17-37-20)14-19(18)24(25)28/h13-15,24-25,33-34H,5-12,16-17H2,1-4H3/t24-,25-,28-,29-/m0/s1. The van der Waals surface area contributed by atoms with E-state index in [0.717, 1.165) is 43.5 Å². The number of carbonyl (C=O) groups excluding carboxylic acids is 2. The van der Waals surface area contributed by atoms with Gasteiger partial charge in [-0.2, -0.15) is 0 Å². The molecule has 3 aliphatic heterocycles. The quantitative estimate of drug-likeness (QED) is 0.448. The van der Waals surface area contributed by atoms with Crippen LogP contribution in [0.25, 0.3) is 0 Å². The molecule has 39 heavy (non-hydrogen) atoms. The van der Waals surface area contributed by atoms with Gasteiger partial charge in [-0.15, -0.1) is 0 Å². The van der Waals surface area contributed by atoms with Crippen molar-refractivity contribution < 1.29 is 43.5 Å². The number of fused-ring (bicyclic) bond motifs is 3. The molecule has 10 heteroatoms. The first kappa shape index (κ1) is 27.7. The number of nitrogens with zero attached hydrogens (tertiary/aromatic N) is 1. The van der Waals surface area contributed by atoms with Gasteiger partial charge in [-0.25, -0.2) is 4.79 Å². The number of hydrogen-bond acceptors (Lipinski definition) is 10. The van der Waals surface area contributed by atoms with Crippen LogP contribution in [0.3, 0.4) is 0 Å². The summed E-state index contributed by atoms with van der Waals surface area (Å²) in [6.45, 7) is 5.21. The molecule has 5 rings (SSSR count). The van der Waals surface area contributed by atoms with Crippen molar-refractivity contribution in [1.29, 1.82) is 0 Å². The molecule has 2 N–H and O–H groups in total. The number of methoxy groups -OCH3 is 2. The number of carbonyl (C=O) groups is 2. The maximum absolute atomic E-state index is 13.8. The Bertz CT molecular complexity index is 1160. The van der Waals surface area contributed by atoms with Gasteiger partial charge in [0.15, 0.2) is 23.2 Å². The fourth-order valence-electron chi connectivity index (χ4n) is 6.71. The molecule has 0 amide bonds. The Hall–Kier alpha value is -2.82. The molecule has 1 saturated heterocycles. The number of rotatable bonds is 9. The molecule has 0 saturated carbocycles. The first-order valence-corrected chi connectivity index (χ1v) is 13.7. The highest BCUT2D eigenvalue weighted by Gasteiger charge is 2.59. The van der Waals surface area contributed by atoms with Gasteiger partial charge in [0.25, 0.3) is 0 Å². The topological polar surface area (TPSA) is 124 Å². The van der Waals surface area contributed by atoms with Gasteiger partial charge in [0.2, 0.25) is 6.79 Å². The Labute approximate surface area is 228 Å². The normalized spacial score (nSPS) is 27.0. The average Bonchev–Trinajstić information content (AvgIpc) is 3.56. The summed E-state index contributed by atoms with van der Waals surface area (Å²) < 4.78 is 28.1. The van der Waals surface area contributed by atoms with E-state index in [-0.39, 0.29) is 19.1 Å². The van der Waals surface area contributed by atoms with E-state index in [0.29, 0.717) is 30.1 Å². The molecule has 4 aliphatic rings. The summed E-state index contributed by atoms with van der Waals surface area (Å²) in [5, 5.41) is 21.6. The third-order valence-corrected chi connectivity index (χ3v) is 8.62. The minimum atomic E-state index is -2.12. The minimum Gasteiger partial charge on any atom is -0.497 e. The first-order chi connectivity index (χ1) is 18.5. The lowest BCUT2D eigenvalue weighted by atomic mass is 9.77. The Morgan fingerprint density at radius 3 is 2.56 bits per heavy atom. The van der Waals surface area contributed by atoms with Crippen LogP contribution in [-0.4, -0.2) is 84.0 Å². The molecule has 1 aromatic rings.